The van der Waals surface area contributed by atoms with Crippen LogP contribution in [0.1, 0.15) is 44.9 Å². The van der Waals surface area contributed by atoms with Crippen molar-refractivity contribution in [1.29, 1.82) is 0 Å². The van der Waals surface area contributed by atoms with E-state index >= 15 is 4.39 Å². The highest BCUT2D eigenvalue weighted by Gasteiger charge is 2.50. The van der Waals surface area contributed by atoms with Gasteiger partial charge in [0, 0.05) is 37.9 Å². The zero-order chi connectivity index (χ0) is 22.1. The fraction of sp³-hybridized carbons (Fsp3) is 0.520. The van der Waals surface area contributed by atoms with Crippen molar-refractivity contribution in [3.05, 3.63) is 48.5 Å². The first-order chi connectivity index (χ1) is 15.5. The van der Waals surface area contributed by atoms with Crippen LogP contribution in [0.5, 0.6) is 11.5 Å². The lowest BCUT2D eigenvalue weighted by Crippen LogP contribution is -2.50. The molecule has 2 aromatic rings. The van der Waals surface area contributed by atoms with Gasteiger partial charge in [0.05, 0.1) is 23.4 Å². The van der Waals surface area contributed by atoms with Crippen LogP contribution in [0.4, 0.5) is 10.1 Å². The number of amides is 1. The molecule has 1 amide bonds. The first-order valence-corrected chi connectivity index (χ1v) is 11.7. The van der Waals surface area contributed by atoms with Crippen LogP contribution in [0.25, 0.3) is 0 Å². The number of benzene rings is 1. The number of aromatic nitrogens is 1. The molecule has 3 aliphatic rings. The Bertz CT molecular complexity index is 964. The first kappa shape index (κ1) is 21.2. The van der Waals surface area contributed by atoms with Gasteiger partial charge >= 0.3 is 0 Å². The maximum atomic E-state index is 15.1. The molecule has 1 saturated carbocycles. The van der Waals surface area contributed by atoms with E-state index in [4.69, 9.17) is 4.74 Å². The third-order valence-corrected chi connectivity index (χ3v) is 7.36. The largest absolute Gasteiger partial charge is 0.456 e. The van der Waals surface area contributed by atoms with E-state index in [2.05, 4.69) is 9.88 Å². The van der Waals surface area contributed by atoms with E-state index in [1.807, 2.05) is 4.90 Å². The summed E-state index contributed by atoms with van der Waals surface area (Å²) in [5.41, 5.74) is 0.0979. The predicted octanol–water partition coefficient (Wildman–Crippen LogP) is 4.14. The number of nitrogens with zero attached hydrogens (tertiary/aromatic N) is 3. The van der Waals surface area contributed by atoms with Crippen LogP contribution in [-0.2, 0) is 4.79 Å². The fourth-order valence-electron chi connectivity index (χ4n) is 5.63. The van der Waals surface area contributed by atoms with Crippen molar-refractivity contribution in [2.75, 3.05) is 24.5 Å². The minimum Gasteiger partial charge on any atom is -0.456 e. The monoisotopic (exact) mass is 439 g/mol. The second-order valence-electron chi connectivity index (χ2n) is 9.42. The molecule has 0 bridgehead atoms. The van der Waals surface area contributed by atoms with E-state index in [1.54, 1.807) is 36.7 Å². The van der Waals surface area contributed by atoms with Gasteiger partial charge in [-0.2, -0.15) is 0 Å². The Balaban J connectivity index is 1.29. The van der Waals surface area contributed by atoms with Gasteiger partial charge in [-0.25, -0.2) is 4.39 Å². The van der Waals surface area contributed by atoms with Gasteiger partial charge in [0.1, 0.15) is 17.3 Å². The second-order valence-corrected chi connectivity index (χ2v) is 9.42. The number of carbonyl (C=O) groups excluding carboxylic acids is 1. The van der Waals surface area contributed by atoms with Crippen LogP contribution in [-0.4, -0.2) is 52.7 Å². The molecule has 6 nitrogen and oxygen atoms in total. The molecule has 0 radical (unpaired) electrons. The highest BCUT2D eigenvalue weighted by molar-refractivity contribution is 5.86. The molecule has 170 valence electrons. The van der Waals surface area contributed by atoms with Gasteiger partial charge in [0.25, 0.3) is 0 Å². The van der Waals surface area contributed by atoms with Crippen molar-refractivity contribution in [1.82, 2.24) is 9.88 Å². The van der Waals surface area contributed by atoms with E-state index in [0.717, 1.165) is 58.0 Å². The van der Waals surface area contributed by atoms with E-state index in [1.165, 1.54) is 6.07 Å². The Morgan fingerprint density at radius 2 is 1.94 bits per heavy atom. The highest BCUT2D eigenvalue weighted by Crippen LogP contribution is 2.44. The Labute approximate surface area is 188 Å². The lowest BCUT2D eigenvalue weighted by atomic mass is 9.78. The Hall–Kier alpha value is -2.67. The van der Waals surface area contributed by atoms with Gasteiger partial charge in [-0.1, -0.05) is 0 Å². The van der Waals surface area contributed by atoms with Crippen molar-refractivity contribution >= 4 is 11.6 Å². The van der Waals surface area contributed by atoms with Crippen molar-refractivity contribution in [3.8, 4) is 11.5 Å². The van der Waals surface area contributed by atoms with E-state index in [9.17, 15) is 9.90 Å². The summed E-state index contributed by atoms with van der Waals surface area (Å²) in [5.74, 6) is 0.865. The number of ether oxygens (including phenoxy) is 1. The molecule has 0 unspecified atom stereocenters. The second kappa shape index (κ2) is 8.70. The predicted molar refractivity (Wildman–Crippen MR) is 119 cm³/mol. The van der Waals surface area contributed by atoms with Crippen LogP contribution in [0, 0.1) is 11.2 Å². The number of anilines is 1. The van der Waals surface area contributed by atoms with Crippen LogP contribution in [0.3, 0.4) is 0 Å². The fourth-order valence-corrected chi connectivity index (χ4v) is 5.63. The molecule has 1 N–H and O–H groups in total. The number of aliphatic hydroxyl groups excluding tert-OH is 1. The topological polar surface area (TPSA) is 65.9 Å². The van der Waals surface area contributed by atoms with Crippen LogP contribution in [0.15, 0.2) is 42.7 Å². The minimum absolute atomic E-state index is 0.223. The third kappa shape index (κ3) is 4.06. The summed E-state index contributed by atoms with van der Waals surface area (Å²) in [6, 6.07) is 8.70. The smallest absolute Gasteiger partial charge is 0.230 e. The zero-order valence-corrected chi connectivity index (χ0v) is 18.3. The van der Waals surface area contributed by atoms with Gasteiger partial charge in [0.2, 0.25) is 5.91 Å². The molecule has 3 heterocycles. The summed E-state index contributed by atoms with van der Waals surface area (Å²) in [4.78, 5) is 21.6. The van der Waals surface area contributed by atoms with E-state index < -0.39 is 5.41 Å². The van der Waals surface area contributed by atoms with Crippen molar-refractivity contribution < 1.29 is 19.0 Å². The number of hydrogen-bond donors (Lipinski definition) is 1. The standard InChI is InChI=1S/C25H30FN3O3/c26-22-15-20(32-21-3-1-12-27-16-21)8-9-23(22)28-13-2-10-25(17-28)11-14-29(24(25)31)18-4-6-19(30)7-5-18/h1,3,8-9,12,15-16,18-19,30H,2,4-7,10-11,13-14,17H2/t18-,19-,25-/m0/s1. The number of carbonyl (C=O) groups is 1. The number of pyridine rings is 1. The van der Waals surface area contributed by atoms with Crippen LogP contribution >= 0.6 is 0 Å². The lowest BCUT2D eigenvalue weighted by Gasteiger charge is -2.41. The van der Waals surface area contributed by atoms with Gasteiger partial charge in [-0.15, -0.1) is 0 Å². The molecule has 1 aliphatic carbocycles. The van der Waals surface area contributed by atoms with Gasteiger partial charge in [0.15, 0.2) is 0 Å². The van der Waals surface area contributed by atoms with Gasteiger partial charge < -0.3 is 19.6 Å². The number of aliphatic hydroxyl groups is 1. The van der Waals surface area contributed by atoms with Crippen molar-refractivity contribution in [2.45, 2.75) is 57.1 Å². The number of piperidine rings is 1. The van der Waals surface area contributed by atoms with E-state index in [-0.39, 0.29) is 23.9 Å². The minimum atomic E-state index is -0.425. The summed E-state index contributed by atoms with van der Waals surface area (Å²) in [7, 11) is 0. The summed E-state index contributed by atoms with van der Waals surface area (Å²) in [6.45, 7) is 2.07. The average molecular weight is 440 g/mol. The zero-order valence-electron chi connectivity index (χ0n) is 18.3. The first-order valence-electron chi connectivity index (χ1n) is 11.7. The molecular weight excluding hydrogens is 409 g/mol. The molecule has 1 aromatic carbocycles. The van der Waals surface area contributed by atoms with Gasteiger partial charge in [-0.05, 0) is 69.2 Å². The summed E-state index contributed by atoms with van der Waals surface area (Å²) in [5, 5.41) is 9.81. The Morgan fingerprint density at radius 3 is 2.69 bits per heavy atom. The maximum Gasteiger partial charge on any atom is 0.230 e. The van der Waals surface area contributed by atoms with Crippen LogP contribution < -0.4 is 9.64 Å². The van der Waals surface area contributed by atoms with E-state index in [0.29, 0.717) is 23.7 Å². The SMILES string of the molecule is O=C1N([C@H]2CC[C@H](O)CC2)CC[C@]12CCCN(c1ccc(Oc3cccnc3)cc1F)C2. The molecular formula is C25H30FN3O3. The lowest BCUT2D eigenvalue weighted by molar-refractivity contribution is -0.139. The Kier molecular flexibility index (Phi) is 5.76. The summed E-state index contributed by atoms with van der Waals surface area (Å²) < 4.78 is 20.8. The summed E-state index contributed by atoms with van der Waals surface area (Å²) >= 11 is 0. The average Bonchev–Trinajstić information content (AvgIpc) is 3.10. The van der Waals surface area contributed by atoms with Gasteiger partial charge in [-0.3, -0.25) is 9.78 Å². The summed E-state index contributed by atoms with van der Waals surface area (Å²) in [6.07, 6.45) is 8.87. The molecule has 1 atom stereocenters. The molecule has 1 aromatic heterocycles. The normalized spacial score (nSPS) is 28.4. The van der Waals surface area contributed by atoms with Crippen molar-refractivity contribution in [3.63, 3.8) is 0 Å². The number of likely N-dealkylation sites (tertiary alicyclic amines) is 1. The molecule has 2 saturated heterocycles. The molecule has 3 fully saturated rings. The number of rotatable bonds is 4. The maximum absolute atomic E-state index is 15.1. The number of halogens is 1. The Morgan fingerprint density at radius 1 is 1.09 bits per heavy atom. The third-order valence-electron chi connectivity index (χ3n) is 7.36. The molecule has 5 rings (SSSR count). The quantitative estimate of drug-likeness (QED) is 0.776. The molecule has 1 spiro atoms. The highest BCUT2D eigenvalue weighted by atomic mass is 19.1. The van der Waals surface area contributed by atoms with Crippen molar-refractivity contribution in [2.24, 2.45) is 5.41 Å². The number of hydrogen-bond acceptors (Lipinski definition) is 5. The molecule has 7 heteroatoms. The molecule has 32 heavy (non-hydrogen) atoms. The van der Waals surface area contributed by atoms with Crippen LogP contribution in [0.2, 0.25) is 0 Å². The molecule has 2 aliphatic heterocycles.